The topological polar surface area (TPSA) is 34.1 Å². The second-order valence-corrected chi connectivity index (χ2v) is 7.03. The first-order valence-electron chi connectivity index (χ1n) is 6.29. The molecule has 0 aromatic heterocycles. The van der Waals surface area contributed by atoms with Crippen LogP contribution in [0.4, 0.5) is 0 Å². The summed E-state index contributed by atoms with van der Waals surface area (Å²) in [7, 11) is -3.14. The fraction of sp³-hybridized carbons (Fsp3) is 0.571. The quantitative estimate of drug-likeness (QED) is 0.725. The van der Waals surface area contributed by atoms with Gasteiger partial charge >= 0.3 is 0 Å². The minimum absolute atomic E-state index is 0.281. The van der Waals surface area contributed by atoms with E-state index in [0.29, 0.717) is 4.90 Å². The second-order valence-electron chi connectivity index (χ2n) is 4.66. The van der Waals surface area contributed by atoms with Crippen LogP contribution < -0.4 is 0 Å². The molecule has 96 valence electrons. The Morgan fingerprint density at radius 3 is 2.24 bits per heavy atom. The maximum atomic E-state index is 12.2. The summed E-state index contributed by atoms with van der Waals surface area (Å²) < 4.78 is 24.5. The first kappa shape index (κ1) is 14.2. The Hall–Kier alpha value is -0.830. The molecule has 0 radical (unpaired) electrons. The maximum Gasteiger partial charge on any atom is 0.180 e. The minimum Gasteiger partial charge on any atom is -0.223 e. The third kappa shape index (κ3) is 3.84. The van der Waals surface area contributed by atoms with Gasteiger partial charge in [-0.3, -0.25) is 0 Å². The fourth-order valence-electron chi connectivity index (χ4n) is 1.80. The molecule has 0 fully saturated rings. The van der Waals surface area contributed by atoms with E-state index in [4.69, 9.17) is 0 Å². The average Bonchev–Trinajstić information content (AvgIpc) is 2.29. The highest BCUT2D eigenvalue weighted by Crippen LogP contribution is 2.20. The van der Waals surface area contributed by atoms with E-state index in [2.05, 4.69) is 6.92 Å². The number of rotatable bonds is 6. The monoisotopic (exact) mass is 254 g/mol. The van der Waals surface area contributed by atoms with Gasteiger partial charge in [0, 0.05) is 0 Å². The van der Waals surface area contributed by atoms with E-state index in [1.807, 2.05) is 26.0 Å². The predicted octanol–water partition coefficient (Wildman–Crippen LogP) is 3.74. The molecule has 1 aromatic carbocycles. The van der Waals surface area contributed by atoms with Crippen molar-refractivity contribution in [2.75, 3.05) is 0 Å². The lowest BCUT2D eigenvalue weighted by molar-refractivity contribution is 0.567. The second kappa shape index (κ2) is 6.20. The highest BCUT2D eigenvalue weighted by Gasteiger charge is 2.22. The maximum absolute atomic E-state index is 12.2. The largest absolute Gasteiger partial charge is 0.223 e. The molecule has 0 heterocycles. The number of unbranched alkanes of at least 4 members (excludes halogenated alkanes) is 2. The van der Waals surface area contributed by atoms with Gasteiger partial charge in [0.1, 0.15) is 0 Å². The summed E-state index contributed by atoms with van der Waals surface area (Å²) in [6.45, 7) is 5.89. The molecule has 1 unspecified atom stereocenters. The third-order valence-electron chi connectivity index (χ3n) is 3.09. The standard InChI is InChI=1S/C14H22O2S/c1-4-5-6-7-13(3)17(15,16)14-10-8-12(2)9-11-14/h8-11,13H,4-7H2,1-3H3. The van der Waals surface area contributed by atoms with E-state index < -0.39 is 9.84 Å². The molecule has 0 aliphatic carbocycles. The Bertz CT molecular complexity index is 432. The zero-order valence-electron chi connectivity index (χ0n) is 10.9. The smallest absolute Gasteiger partial charge is 0.180 e. The lowest BCUT2D eigenvalue weighted by Crippen LogP contribution is -2.17. The van der Waals surface area contributed by atoms with Crippen molar-refractivity contribution in [2.24, 2.45) is 0 Å². The molecule has 0 aliphatic rings. The van der Waals surface area contributed by atoms with Crippen LogP contribution in [0.2, 0.25) is 0 Å². The van der Waals surface area contributed by atoms with Gasteiger partial charge < -0.3 is 0 Å². The van der Waals surface area contributed by atoms with Crippen LogP contribution in [0.5, 0.6) is 0 Å². The van der Waals surface area contributed by atoms with Gasteiger partial charge in [-0.15, -0.1) is 0 Å². The Balaban J connectivity index is 2.76. The van der Waals surface area contributed by atoms with Crippen molar-refractivity contribution in [2.45, 2.75) is 56.6 Å². The van der Waals surface area contributed by atoms with Gasteiger partial charge in [0.05, 0.1) is 10.1 Å². The van der Waals surface area contributed by atoms with E-state index in [9.17, 15) is 8.42 Å². The Morgan fingerprint density at radius 1 is 1.12 bits per heavy atom. The van der Waals surface area contributed by atoms with Crippen LogP contribution in [0.15, 0.2) is 29.2 Å². The zero-order valence-corrected chi connectivity index (χ0v) is 11.8. The molecule has 2 nitrogen and oxygen atoms in total. The predicted molar refractivity (Wildman–Crippen MR) is 72.0 cm³/mol. The summed E-state index contributed by atoms with van der Waals surface area (Å²) in [6, 6.07) is 7.12. The van der Waals surface area contributed by atoms with Gasteiger partial charge in [-0.2, -0.15) is 0 Å². The van der Waals surface area contributed by atoms with E-state index in [-0.39, 0.29) is 5.25 Å². The number of hydrogen-bond acceptors (Lipinski definition) is 2. The highest BCUT2D eigenvalue weighted by atomic mass is 32.2. The molecular weight excluding hydrogens is 232 g/mol. The van der Waals surface area contributed by atoms with Crippen LogP contribution in [0, 0.1) is 6.92 Å². The molecular formula is C14H22O2S. The van der Waals surface area contributed by atoms with Gasteiger partial charge in [0.25, 0.3) is 0 Å². The Labute approximate surface area is 105 Å². The van der Waals surface area contributed by atoms with Crippen molar-refractivity contribution < 1.29 is 8.42 Å². The molecule has 0 spiro atoms. The first-order valence-corrected chi connectivity index (χ1v) is 7.83. The Morgan fingerprint density at radius 2 is 1.71 bits per heavy atom. The summed E-state index contributed by atoms with van der Waals surface area (Å²) in [5, 5.41) is -0.281. The van der Waals surface area contributed by atoms with Gasteiger partial charge in [-0.1, -0.05) is 43.9 Å². The van der Waals surface area contributed by atoms with Crippen molar-refractivity contribution in [3.05, 3.63) is 29.8 Å². The molecule has 0 amide bonds. The van der Waals surface area contributed by atoms with E-state index >= 15 is 0 Å². The number of benzene rings is 1. The van der Waals surface area contributed by atoms with Crippen molar-refractivity contribution in [1.29, 1.82) is 0 Å². The fourth-order valence-corrected chi connectivity index (χ4v) is 3.25. The number of hydrogen-bond donors (Lipinski definition) is 0. The summed E-state index contributed by atoms with van der Waals surface area (Å²) in [6.07, 6.45) is 3.97. The molecule has 1 rings (SSSR count). The van der Waals surface area contributed by atoms with Crippen LogP contribution in [0.1, 0.15) is 45.1 Å². The van der Waals surface area contributed by atoms with E-state index in [1.165, 1.54) is 0 Å². The van der Waals surface area contributed by atoms with Crippen LogP contribution in [-0.2, 0) is 9.84 Å². The normalized spacial score (nSPS) is 13.6. The molecule has 3 heteroatoms. The SMILES string of the molecule is CCCCCC(C)S(=O)(=O)c1ccc(C)cc1. The van der Waals surface area contributed by atoms with Crippen molar-refractivity contribution in [3.8, 4) is 0 Å². The van der Waals surface area contributed by atoms with Gasteiger partial charge in [-0.25, -0.2) is 8.42 Å². The molecule has 1 aromatic rings. The van der Waals surface area contributed by atoms with Crippen LogP contribution >= 0.6 is 0 Å². The first-order chi connectivity index (χ1) is 7.98. The third-order valence-corrected chi connectivity index (χ3v) is 5.32. The summed E-state index contributed by atoms with van der Waals surface area (Å²) in [5.41, 5.74) is 1.09. The minimum atomic E-state index is -3.14. The summed E-state index contributed by atoms with van der Waals surface area (Å²) in [5.74, 6) is 0. The lowest BCUT2D eigenvalue weighted by Gasteiger charge is -2.12. The van der Waals surface area contributed by atoms with Gasteiger partial charge in [0.15, 0.2) is 9.84 Å². The molecule has 17 heavy (non-hydrogen) atoms. The van der Waals surface area contributed by atoms with Crippen LogP contribution in [0.3, 0.4) is 0 Å². The zero-order chi connectivity index (χ0) is 12.9. The van der Waals surface area contributed by atoms with E-state index in [0.717, 1.165) is 31.2 Å². The summed E-state index contributed by atoms with van der Waals surface area (Å²) >= 11 is 0. The van der Waals surface area contributed by atoms with Gasteiger partial charge in [0.2, 0.25) is 0 Å². The summed E-state index contributed by atoms with van der Waals surface area (Å²) in [4.78, 5) is 0.451. The lowest BCUT2D eigenvalue weighted by atomic mass is 10.2. The van der Waals surface area contributed by atoms with Crippen molar-refractivity contribution in [3.63, 3.8) is 0 Å². The van der Waals surface area contributed by atoms with Gasteiger partial charge in [-0.05, 0) is 32.4 Å². The van der Waals surface area contributed by atoms with Crippen LogP contribution in [0.25, 0.3) is 0 Å². The molecule has 0 N–H and O–H groups in total. The van der Waals surface area contributed by atoms with E-state index in [1.54, 1.807) is 12.1 Å². The molecule has 1 atom stereocenters. The molecule has 0 bridgehead atoms. The highest BCUT2D eigenvalue weighted by molar-refractivity contribution is 7.92. The number of aryl methyl sites for hydroxylation is 1. The van der Waals surface area contributed by atoms with Crippen LogP contribution in [-0.4, -0.2) is 13.7 Å². The Kier molecular flexibility index (Phi) is 5.19. The molecule has 0 saturated heterocycles. The molecule has 0 aliphatic heterocycles. The molecule has 0 saturated carbocycles. The number of sulfone groups is 1. The average molecular weight is 254 g/mol. The van der Waals surface area contributed by atoms with Crippen molar-refractivity contribution >= 4 is 9.84 Å². The van der Waals surface area contributed by atoms with Crippen molar-refractivity contribution in [1.82, 2.24) is 0 Å².